The summed E-state index contributed by atoms with van der Waals surface area (Å²) >= 11 is 0. The molecular formula is C20H22N2O4S. The maximum Gasteiger partial charge on any atom is 0.253 e. The number of sulfonamides is 1. The van der Waals surface area contributed by atoms with Crippen LogP contribution in [0.15, 0.2) is 53.4 Å². The molecule has 0 spiro atoms. The van der Waals surface area contributed by atoms with Crippen molar-refractivity contribution in [2.75, 3.05) is 20.2 Å². The first kappa shape index (κ1) is 20.5. The van der Waals surface area contributed by atoms with Gasteiger partial charge in [0.1, 0.15) is 5.75 Å². The van der Waals surface area contributed by atoms with E-state index in [1.165, 1.54) is 23.1 Å². The van der Waals surface area contributed by atoms with E-state index in [1.807, 2.05) is 31.2 Å². The van der Waals surface area contributed by atoms with Crippen LogP contribution in [0.3, 0.4) is 0 Å². The lowest BCUT2D eigenvalue weighted by Crippen LogP contribution is -2.27. The quantitative estimate of drug-likeness (QED) is 0.706. The molecule has 0 aromatic heterocycles. The van der Waals surface area contributed by atoms with E-state index in [2.05, 4.69) is 10.6 Å². The van der Waals surface area contributed by atoms with Crippen molar-refractivity contribution in [3.05, 3.63) is 59.7 Å². The number of nitrogens with one attached hydrogen (secondary N) is 1. The molecule has 2 aromatic carbocycles. The Morgan fingerprint density at radius 1 is 1.22 bits per heavy atom. The van der Waals surface area contributed by atoms with Gasteiger partial charge in [-0.05, 0) is 42.8 Å². The number of carbonyl (C=O) groups excluding carboxylic acids is 1. The molecule has 0 bridgehead atoms. The second-order valence-electron chi connectivity index (χ2n) is 5.79. The summed E-state index contributed by atoms with van der Waals surface area (Å²) in [6.45, 7) is 2.78. The molecule has 27 heavy (non-hydrogen) atoms. The van der Waals surface area contributed by atoms with E-state index < -0.39 is 10.0 Å². The summed E-state index contributed by atoms with van der Waals surface area (Å²) in [6.07, 6.45) is 5.09. The highest BCUT2D eigenvalue weighted by Gasteiger charge is 2.17. The number of rotatable bonds is 8. The zero-order valence-corrected chi connectivity index (χ0v) is 16.1. The molecule has 142 valence electrons. The van der Waals surface area contributed by atoms with Crippen LogP contribution >= 0.6 is 0 Å². The zero-order valence-electron chi connectivity index (χ0n) is 15.3. The van der Waals surface area contributed by atoms with Gasteiger partial charge in [0.25, 0.3) is 5.91 Å². The van der Waals surface area contributed by atoms with Crippen molar-refractivity contribution >= 4 is 15.9 Å². The maximum absolute atomic E-state index is 12.7. The first-order valence-corrected chi connectivity index (χ1v) is 9.86. The van der Waals surface area contributed by atoms with Gasteiger partial charge in [-0.2, -0.15) is 4.72 Å². The van der Waals surface area contributed by atoms with Crippen LogP contribution in [0.4, 0.5) is 0 Å². The summed E-state index contributed by atoms with van der Waals surface area (Å²) in [4.78, 5) is 14.2. The number of hydrogen-bond donors (Lipinski definition) is 1. The van der Waals surface area contributed by atoms with Crippen molar-refractivity contribution in [2.24, 2.45) is 0 Å². The van der Waals surface area contributed by atoms with Gasteiger partial charge in [-0.25, -0.2) is 8.42 Å². The molecule has 1 amide bonds. The Labute approximate surface area is 160 Å². The second-order valence-corrected chi connectivity index (χ2v) is 7.56. The van der Waals surface area contributed by atoms with Crippen LogP contribution < -0.4 is 9.46 Å². The minimum atomic E-state index is -3.75. The van der Waals surface area contributed by atoms with Gasteiger partial charge in [0, 0.05) is 19.2 Å². The maximum atomic E-state index is 12.7. The van der Waals surface area contributed by atoms with Crippen molar-refractivity contribution in [1.29, 1.82) is 0 Å². The van der Waals surface area contributed by atoms with E-state index in [9.17, 15) is 13.2 Å². The monoisotopic (exact) mass is 386 g/mol. The summed E-state index contributed by atoms with van der Waals surface area (Å²) in [7, 11) is -2.09. The van der Waals surface area contributed by atoms with E-state index in [4.69, 9.17) is 11.2 Å². The van der Waals surface area contributed by atoms with E-state index in [-0.39, 0.29) is 22.9 Å². The third-order valence-corrected chi connectivity index (χ3v) is 5.16. The molecule has 0 fully saturated rings. The first-order valence-electron chi connectivity index (χ1n) is 8.37. The van der Waals surface area contributed by atoms with Crippen LogP contribution in [0, 0.1) is 12.3 Å². The lowest BCUT2D eigenvalue weighted by Gasteiger charge is -2.18. The molecule has 2 aromatic rings. The van der Waals surface area contributed by atoms with Crippen LogP contribution in [-0.2, 0) is 16.6 Å². The van der Waals surface area contributed by atoms with Crippen LogP contribution in [0.5, 0.6) is 5.75 Å². The van der Waals surface area contributed by atoms with Gasteiger partial charge in [-0.15, -0.1) is 6.42 Å². The Balaban J connectivity index is 2.12. The average Bonchev–Trinajstić information content (AvgIpc) is 2.67. The van der Waals surface area contributed by atoms with Crippen molar-refractivity contribution in [3.8, 4) is 18.1 Å². The molecule has 2 rings (SSSR count). The topological polar surface area (TPSA) is 75.7 Å². The molecule has 0 saturated heterocycles. The van der Waals surface area contributed by atoms with E-state index in [0.717, 1.165) is 11.3 Å². The lowest BCUT2D eigenvalue weighted by molar-refractivity contribution is 0.0785. The molecule has 1 N–H and O–H groups in total. The number of carbonyl (C=O) groups is 1. The van der Waals surface area contributed by atoms with E-state index in [0.29, 0.717) is 13.2 Å². The highest BCUT2D eigenvalue weighted by atomic mass is 32.2. The van der Waals surface area contributed by atoms with Crippen LogP contribution in [0.1, 0.15) is 22.8 Å². The van der Waals surface area contributed by atoms with Gasteiger partial charge in [-0.3, -0.25) is 4.79 Å². The molecule has 0 saturated carbocycles. The molecule has 0 aliphatic rings. The molecule has 0 radical (unpaired) electrons. The molecule has 6 nitrogen and oxygen atoms in total. The van der Waals surface area contributed by atoms with Gasteiger partial charge in [0.2, 0.25) is 10.0 Å². The smallest absolute Gasteiger partial charge is 0.253 e. The van der Waals surface area contributed by atoms with Crippen LogP contribution in [0.2, 0.25) is 0 Å². The van der Waals surface area contributed by atoms with Gasteiger partial charge < -0.3 is 9.64 Å². The first-order chi connectivity index (χ1) is 12.9. The third-order valence-electron chi connectivity index (χ3n) is 3.76. The second kappa shape index (κ2) is 9.21. The normalized spacial score (nSPS) is 10.9. The van der Waals surface area contributed by atoms with Gasteiger partial charge in [0.05, 0.1) is 18.0 Å². The molecule has 0 unspecified atom stereocenters. The predicted octanol–water partition coefficient (Wildman–Crippen LogP) is 2.27. The Morgan fingerprint density at radius 2 is 1.93 bits per heavy atom. The summed E-state index contributed by atoms with van der Waals surface area (Å²) in [5, 5.41) is 0. The largest absolute Gasteiger partial charge is 0.494 e. The fourth-order valence-corrected chi connectivity index (χ4v) is 3.42. The highest BCUT2D eigenvalue weighted by Crippen LogP contribution is 2.16. The number of benzene rings is 2. The molecule has 0 aliphatic carbocycles. The SMILES string of the molecule is C#CCNS(=O)(=O)c1cccc(C(=O)N(C)Cc2ccc(OCC)cc2)c1. The Morgan fingerprint density at radius 3 is 2.56 bits per heavy atom. The Bertz CT molecular complexity index is 931. The highest BCUT2D eigenvalue weighted by molar-refractivity contribution is 7.89. The van der Waals surface area contributed by atoms with Crippen molar-refractivity contribution in [3.63, 3.8) is 0 Å². The fourth-order valence-electron chi connectivity index (χ4n) is 2.44. The van der Waals surface area contributed by atoms with Crippen molar-refractivity contribution < 1.29 is 17.9 Å². The zero-order chi connectivity index (χ0) is 19.9. The molecular weight excluding hydrogens is 364 g/mol. The number of nitrogens with zero attached hydrogens (tertiary/aromatic N) is 1. The third kappa shape index (κ3) is 5.58. The minimum absolute atomic E-state index is 0.00179. The van der Waals surface area contributed by atoms with Crippen molar-refractivity contribution in [2.45, 2.75) is 18.4 Å². The Hall–Kier alpha value is -2.82. The summed E-state index contributed by atoms with van der Waals surface area (Å²) in [5.74, 6) is 2.71. The van der Waals surface area contributed by atoms with Crippen LogP contribution in [0.25, 0.3) is 0 Å². The number of ether oxygens (including phenoxy) is 1. The van der Waals surface area contributed by atoms with Crippen molar-refractivity contribution in [1.82, 2.24) is 9.62 Å². The van der Waals surface area contributed by atoms with Crippen LogP contribution in [-0.4, -0.2) is 39.4 Å². The molecule has 0 atom stereocenters. The predicted molar refractivity (Wildman–Crippen MR) is 104 cm³/mol. The summed E-state index contributed by atoms with van der Waals surface area (Å²) < 4.78 is 32.0. The summed E-state index contributed by atoms with van der Waals surface area (Å²) in [5.41, 5.74) is 1.22. The van der Waals surface area contributed by atoms with E-state index >= 15 is 0 Å². The van der Waals surface area contributed by atoms with E-state index in [1.54, 1.807) is 13.1 Å². The lowest BCUT2D eigenvalue weighted by atomic mass is 10.1. The number of amides is 1. The van der Waals surface area contributed by atoms with Gasteiger partial charge in [-0.1, -0.05) is 24.1 Å². The fraction of sp³-hybridized carbons (Fsp3) is 0.250. The number of hydrogen-bond acceptors (Lipinski definition) is 4. The minimum Gasteiger partial charge on any atom is -0.494 e. The Kier molecular flexibility index (Phi) is 6.99. The standard InChI is InChI=1S/C20H22N2O4S/c1-4-13-21-27(24,25)19-8-6-7-17(14-19)20(23)22(3)15-16-9-11-18(12-10-16)26-5-2/h1,6-12,14,21H,5,13,15H2,2-3H3. The van der Waals surface area contributed by atoms with Gasteiger partial charge in [0.15, 0.2) is 0 Å². The average molecular weight is 386 g/mol. The molecule has 7 heteroatoms. The molecule has 0 aliphatic heterocycles. The summed E-state index contributed by atoms with van der Waals surface area (Å²) in [6, 6.07) is 13.3. The number of terminal acetylenes is 1. The van der Waals surface area contributed by atoms with Gasteiger partial charge >= 0.3 is 0 Å². The molecule has 0 heterocycles.